The number of hydrogen-bond donors (Lipinski definition) is 2. The molecule has 0 radical (unpaired) electrons. The van der Waals surface area contributed by atoms with Crippen LogP contribution in [0.5, 0.6) is 0 Å². The fourth-order valence-corrected chi connectivity index (χ4v) is 7.78. The number of alkyl carbamates (subject to hydrolysis) is 1. The summed E-state index contributed by atoms with van der Waals surface area (Å²) in [6.45, 7) is 6.86. The van der Waals surface area contributed by atoms with E-state index in [1.54, 1.807) is 12.1 Å². The van der Waals surface area contributed by atoms with E-state index >= 15 is 0 Å². The van der Waals surface area contributed by atoms with Crippen LogP contribution in [-0.4, -0.2) is 69.3 Å². The van der Waals surface area contributed by atoms with Crippen molar-refractivity contribution in [3.05, 3.63) is 65.5 Å². The number of carbonyl (C=O) groups excluding carboxylic acids is 2. The molecule has 0 unspecified atom stereocenters. The van der Waals surface area contributed by atoms with Crippen molar-refractivity contribution in [3.8, 4) is 6.07 Å². The van der Waals surface area contributed by atoms with Crippen LogP contribution in [0.25, 0.3) is 0 Å². The Labute approximate surface area is 248 Å². The first-order valence-corrected chi connectivity index (χ1v) is 15.1. The van der Waals surface area contributed by atoms with Gasteiger partial charge >= 0.3 is 6.09 Å². The lowest BCUT2D eigenvalue weighted by atomic mass is 9.58. The molecule has 0 aromatic heterocycles. The number of rotatable bonds is 9. The number of amides is 2. The summed E-state index contributed by atoms with van der Waals surface area (Å²) in [6.07, 6.45) is 4.08. The Hall–Kier alpha value is -3.64. The first kappa shape index (κ1) is 29.8. The van der Waals surface area contributed by atoms with Crippen LogP contribution < -0.4 is 15.5 Å². The molecule has 3 atom stereocenters. The average molecular weight is 576 g/mol. The van der Waals surface area contributed by atoms with Gasteiger partial charge in [0.2, 0.25) is 5.91 Å². The van der Waals surface area contributed by atoms with Crippen LogP contribution >= 0.6 is 0 Å². The van der Waals surface area contributed by atoms with Crippen LogP contribution in [0.1, 0.15) is 50.2 Å². The van der Waals surface area contributed by atoms with E-state index < -0.39 is 11.5 Å². The van der Waals surface area contributed by atoms with Gasteiger partial charge in [0.15, 0.2) is 0 Å². The summed E-state index contributed by atoms with van der Waals surface area (Å²) in [5.41, 5.74) is 2.21. The Morgan fingerprint density at radius 1 is 1.10 bits per heavy atom. The number of benzene rings is 2. The van der Waals surface area contributed by atoms with Gasteiger partial charge in [-0.25, -0.2) is 9.18 Å². The largest absolute Gasteiger partial charge is 0.453 e. The molecule has 0 spiro atoms. The first-order chi connectivity index (χ1) is 20.3. The van der Waals surface area contributed by atoms with E-state index in [-0.39, 0.29) is 29.6 Å². The summed E-state index contributed by atoms with van der Waals surface area (Å²) in [4.78, 5) is 29.5. The predicted octanol–water partition coefficient (Wildman–Crippen LogP) is 4.44. The molecule has 42 heavy (non-hydrogen) atoms. The maximum atomic E-state index is 14.8. The van der Waals surface area contributed by atoms with Crippen molar-refractivity contribution in [2.24, 2.45) is 17.8 Å². The topological polar surface area (TPSA) is 97.7 Å². The van der Waals surface area contributed by atoms with Crippen molar-refractivity contribution in [2.45, 2.75) is 50.5 Å². The molecule has 0 bridgehead atoms. The molecule has 224 valence electrons. The van der Waals surface area contributed by atoms with Gasteiger partial charge in [-0.05, 0) is 92.6 Å². The third kappa shape index (κ3) is 6.39. The maximum Gasteiger partial charge on any atom is 0.407 e. The quantitative estimate of drug-likeness (QED) is 0.459. The summed E-state index contributed by atoms with van der Waals surface area (Å²) >= 11 is 0. The number of likely N-dealkylation sites (tertiary alicyclic amines) is 1. The predicted molar refractivity (Wildman–Crippen MR) is 159 cm³/mol. The second-order valence-electron chi connectivity index (χ2n) is 12.2. The zero-order valence-corrected chi connectivity index (χ0v) is 24.7. The number of nitrogens with zero attached hydrogens (tertiary/aromatic N) is 3. The lowest BCUT2D eigenvalue weighted by Gasteiger charge is -2.51. The smallest absolute Gasteiger partial charge is 0.407 e. The highest BCUT2D eigenvalue weighted by Gasteiger charge is 2.52. The van der Waals surface area contributed by atoms with Gasteiger partial charge in [0.05, 0.1) is 18.7 Å². The zero-order chi connectivity index (χ0) is 29.7. The molecule has 1 saturated carbocycles. The van der Waals surface area contributed by atoms with Gasteiger partial charge in [-0.3, -0.25) is 4.79 Å². The molecule has 2 heterocycles. The molecule has 9 heteroatoms. The zero-order valence-electron chi connectivity index (χ0n) is 24.7. The second kappa shape index (κ2) is 13.1. The molecule has 2 aromatic carbocycles. The third-order valence-corrected chi connectivity index (χ3v) is 9.81. The van der Waals surface area contributed by atoms with E-state index in [9.17, 15) is 14.0 Å². The number of ether oxygens (including phenoxy) is 1. The second-order valence-corrected chi connectivity index (χ2v) is 12.2. The molecular weight excluding hydrogens is 533 g/mol. The Balaban J connectivity index is 1.31. The van der Waals surface area contributed by atoms with Gasteiger partial charge < -0.3 is 25.2 Å². The van der Waals surface area contributed by atoms with Gasteiger partial charge in [0, 0.05) is 56.2 Å². The van der Waals surface area contributed by atoms with Crippen molar-refractivity contribution in [2.75, 3.05) is 51.3 Å². The highest BCUT2D eigenvalue weighted by atomic mass is 19.1. The molecule has 2 amide bonds. The van der Waals surface area contributed by atoms with E-state index in [1.165, 1.54) is 20.1 Å². The lowest BCUT2D eigenvalue weighted by Crippen LogP contribution is -2.58. The molecule has 2 aliphatic heterocycles. The summed E-state index contributed by atoms with van der Waals surface area (Å²) in [5, 5.41) is 15.2. The summed E-state index contributed by atoms with van der Waals surface area (Å²) in [7, 11) is 1.37. The SMILES string of the molecule is COC(=O)N[C@H]1CCC[C@@H]1[C@](CNC(C)=O)(c1cccc(F)c1)C1CCN(CC2CN(c3ccc(C#N)cc3)C2)CC1. The van der Waals surface area contributed by atoms with Crippen molar-refractivity contribution in [1.29, 1.82) is 5.26 Å². The monoisotopic (exact) mass is 575 g/mol. The fourth-order valence-electron chi connectivity index (χ4n) is 7.78. The summed E-state index contributed by atoms with van der Waals surface area (Å²) < 4.78 is 19.7. The molecule has 1 aliphatic carbocycles. The Kier molecular flexibility index (Phi) is 9.32. The van der Waals surface area contributed by atoms with Gasteiger partial charge in [0.25, 0.3) is 0 Å². The molecule has 2 saturated heterocycles. The number of anilines is 1. The number of piperidine rings is 1. The van der Waals surface area contributed by atoms with E-state index in [1.807, 2.05) is 30.3 Å². The number of nitrogens with one attached hydrogen (secondary N) is 2. The van der Waals surface area contributed by atoms with Crippen molar-refractivity contribution >= 4 is 17.7 Å². The molecule has 5 rings (SSSR count). The van der Waals surface area contributed by atoms with Gasteiger partial charge in [-0.1, -0.05) is 18.6 Å². The van der Waals surface area contributed by atoms with Crippen LogP contribution in [0.3, 0.4) is 0 Å². The Morgan fingerprint density at radius 2 is 1.83 bits per heavy atom. The van der Waals surface area contributed by atoms with E-state index in [0.29, 0.717) is 18.0 Å². The normalized spacial score (nSPS) is 23.0. The number of carbonyl (C=O) groups is 2. The van der Waals surface area contributed by atoms with Gasteiger partial charge in [-0.15, -0.1) is 0 Å². The van der Waals surface area contributed by atoms with E-state index in [0.717, 1.165) is 76.1 Å². The molecule has 8 nitrogen and oxygen atoms in total. The van der Waals surface area contributed by atoms with Crippen LogP contribution in [0, 0.1) is 34.9 Å². The minimum atomic E-state index is -0.523. The molecule has 2 aromatic rings. The average Bonchev–Trinajstić information content (AvgIpc) is 3.44. The number of nitriles is 1. The van der Waals surface area contributed by atoms with Crippen LogP contribution in [0.2, 0.25) is 0 Å². The van der Waals surface area contributed by atoms with E-state index in [4.69, 9.17) is 10.00 Å². The van der Waals surface area contributed by atoms with Crippen molar-refractivity contribution < 1.29 is 18.7 Å². The number of halogens is 1. The third-order valence-electron chi connectivity index (χ3n) is 9.81. The summed E-state index contributed by atoms with van der Waals surface area (Å²) in [6, 6.07) is 16.7. The maximum absolute atomic E-state index is 14.8. The number of methoxy groups -OCH3 is 1. The highest BCUT2D eigenvalue weighted by molar-refractivity contribution is 5.73. The number of hydrogen-bond acceptors (Lipinski definition) is 6. The van der Waals surface area contributed by atoms with Gasteiger partial charge in [0.1, 0.15) is 5.82 Å². The molecule has 3 aliphatic rings. The van der Waals surface area contributed by atoms with Crippen LogP contribution in [0.4, 0.5) is 14.9 Å². The summed E-state index contributed by atoms with van der Waals surface area (Å²) in [5.74, 6) is 0.441. The van der Waals surface area contributed by atoms with E-state index in [2.05, 4.69) is 26.5 Å². The highest BCUT2D eigenvalue weighted by Crippen LogP contribution is 2.50. The fraction of sp³-hybridized carbons (Fsp3) is 0.545. The lowest BCUT2D eigenvalue weighted by molar-refractivity contribution is -0.119. The first-order valence-electron chi connectivity index (χ1n) is 15.1. The minimum Gasteiger partial charge on any atom is -0.453 e. The van der Waals surface area contributed by atoms with Crippen molar-refractivity contribution in [3.63, 3.8) is 0 Å². The minimum absolute atomic E-state index is 0.0365. The van der Waals surface area contributed by atoms with Crippen LogP contribution in [0.15, 0.2) is 48.5 Å². The Morgan fingerprint density at radius 3 is 2.48 bits per heavy atom. The van der Waals surface area contributed by atoms with Crippen molar-refractivity contribution in [1.82, 2.24) is 15.5 Å². The van der Waals surface area contributed by atoms with Gasteiger partial charge in [-0.2, -0.15) is 5.26 Å². The standard InChI is InChI=1S/C33H42FN5O3/c1-23(40)36-22-33(27-5-3-6-28(34)17-27,30-7-4-8-31(30)37-32(41)42-2)26-13-15-38(16-14-26)19-25-20-39(21-25)29-11-9-24(18-35)10-12-29/h3,5-6,9-12,17,25-26,30-31H,4,7-8,13-16,19-22H2,1-2H3,(H,36,40)(H,37,41)/t30-,31-,33-/m0/s1. The Bertz CT molecular complexity index is 1280. The van der Waals surface area contributed by atoms with Crippen LogP contribution in [-0.2, 0) is 14.9 Å². The molecular formula is C33H42FN5O3. The molecule has 2 N–H and O–H groups in total. The molecule has 3 fully saturated rings.